The van der Waals surface area contributed by atoms with Crippen molar-refractivity contribution in [3.8, 4) is 0 Å². The molecule has 0 radical (unpaired) electrons. The van der Waals surface area contributed by atoms with Gasteiger partial charge in [-0.2, -0.15) is 0 Å². The van der Waals surface area contributed by atoms with Gasteiger partial charge < -0.3 is 14.4 Å². The molecule has 0 fully saturated rings. The van der Waals surface area contributed by atoms with Gasteiger partial charge in [0.1, 0.15) is 0 Å². The van der Waals surface area contributed by atoms with E-state index < -0.39 is 0 Å². The van der Waals surface area contributed by atoms with Crippen LogP contribution in [-0.4, -0.2) is 52.4 Å². The third kappa shape index (κ3) is 5.82. The van der Waals surface area contributed by atoms with Crippen molar-refractivity contribution in [1.82, 2.24) is 4.90 Å². The molecule has 0 unspecified atom stereocenters. The second-order valence-electron chi connectivity index (χ2n) is 2.35. The summed E-state index contributed by atoms with van der Waals surface area (Å²) in [6.45, 7) is 0.533. The third-order valence-corrected chi connectivity index (χ3v) is 1.09. The third-order valence-electron chi connectivity index (χ3n) is 1.09. The summed E-state index contributed by atoms with van der Waals surface area (Å²) < 4.78 is 9.85. The van der Waals surface area contributed by atoms with E-state index in [0.717, 1.165) is 0 Å². The molecule has 4 nitrogen and oxygen atoms in total. The summed E-state index contributed by atoms with van der Waals surface area (Å²) in [7, 11) is 7.02. The van der Waals surface area contributed by atoms with Crippen molar-refractivity contribution in [3.05, 3.63) is 0 Å². The number of ether oxygens (including phenoxy) is 2. The van der Waals surface area contributed by atoms with Gasteiger partial charge in [-0.05, 0) is 0 Å². The van der Waals surface area contributed by atoms with Crippen molar-refractivity contribution < 1.29 is 9.47 Å². The fourth-order valence-electron chi connectivity index (χ4n) is 0.542. The second kappa shape index (κ2) is 6.12. The molecule has 0 spiro atoms. The fraction of sp³-hybridized carbons (Fsp3) is 0.857. The first-order valence-electron chi connectivity index (χ1n) is 3.42. The minimum atomic E-state index is -0.230. The highest BCUT2D eigenvalue weighted by molar-refractivity contribution is 5.53. The zero-order chi connectivity index (χ0) is 8.69. The Labute approximate surface area is 67.8 Å². The van der Waals surface area contributed by atoms with Gasteiger partial charge in [-0.15, -0.1) is 0 Å². The zero-order valence-corrected chi connectivity index (χ0v) is 7.57. The van der Waals surface area contributed by atoms with E-state index in [9.17, 15) is 0 Å². The van der Waals surface area contributed by atoms with E-state index in [4.69, 9.17) is 9.47 Å². The molecule has 0 saturated heterocycles. The van der Waals surface area contributed by atoms with Crippen LogP contribution < -0.4 is 0 Å². The summed E-state index contributed by atoms with van der Waals surface area (Å²) in [5.41, 5.74) is 0. The van der Waals surface area contributed by atoms with Gasteiger partial charge in [0.2, 0.25) is 0 Å². The molecule has 66 valence electrons. The lowest BCUT2D eigenvalue weighted by molar-refractivity contribution is -0.0936. The van der Waals surface area contributed by atoms with Gasteiger partial charge in [-0.1, -0.05) is 0 Å². The highest BCUT2D eigenvalue weighted by atomic mass is 16.7. The molecule has 11 heavy (non-hydrogen) atoms. The molecule has 0 aliphatic rings. The van der Waals surface area contributed by atoms with Gasteiger partial charge in [-0.25, -0.2) is 0 Å². The predicted molar refractivity (Wildman–Crippen MR) is 44.9 cm³/mol. The summed E-state index contributed by atoms with van der Waals surface area (Å²) in [5, 5.41) is 0. The van der Waals surface area contributed by atoms with Crippen LogP contribution in [0.5, 0.6) is 0 Å². The molecule has 0 saturated carbocycles. The van der Waals surface area contributed by atoms with E-state index >= 15 is 0 Å². The summed E-state index contributed by atoms with van der Waals surface area (Å²) >= 11 is 0. The van der Waals surface area contributed by atoms with Crippen molar-refractivity contribution in [2.24, 2.45) is 4.99 Å². The van der Waals surface area contributed by atoms with Gasteiger partial charge in [0.15, 0.2) is 6.29 Å². The standard InChI is InChI=1S/C7H16N2O2/c1-9(2)6-8-5-7(10-3)11-4/h6-7H,5H2,1-4H3. The van der Waals surface area contributed by atoms with Crippen LogP contribution in [-0.2, 0) is 9.47 Å². The van der Waals surface area contributed by atoms with Crippen molar-refractivity contribution >= 4 is 6.34 Å². The van der Waals surface area contributed by atoms with Gasteiger partial charge in [0.25, 0.3) is 0 Å². The van der Waals surface area contributed by atoms with Crippen LogP contribution in [0.25, 0.3) is 0 Å². The second-order valence-corrected chi connectivity index (χ2v) is 2.35. The van der Waals surface area contributed by atoms with Gasteiger partial charge in [0, 0.05) is 28.3 Å². The first-order valence-corrected chi connectivity index (χ1v) is 3.42. The van der Waals surface area contributed by atoms with E-state index in [1.807, 2.05) is 19.0 Å². The van der Waals surface area contributed by atoms with Gasteiger partial charge in [0.05, 0.1) is 12.9 Å². The number of hydrogen-bond donors (Lipinski definition) is 0. The Kier molecular flexibility index (Phi) is 5.78. The van der Waals surface area contributed by atoms with Crippen molar-refractivity contribution in [2.45, 2.75) is 6.29 Å². The first kappa shape index (κ1) is 10.4. The van der Waals surface area contributed by atoms with Crippen LogP contribution in [0, 0.1) is 0 Å². The van der Waals surface area contributed by atoms with Crippen molar-refractivity contribution in [3.63, 3.8) is 0 Å². The highest BCUT2D eigenvalue weighted by Crippen LogP contribution is 1.89. The maximum Gasteiger partial charge on any atom is 0.176 e. The topological polar surface area (TPSA) is 34.1 Å². The Hall–Kier alpha value is -0.610. The van der Waals surface area contributed by atoms with Gasteiger partial charge in [-0.3, -0.25) is 4.99 Å². The Morgan fingerprint density at radius 3 is 2.27 bits per heavy atom. The summed E-state index contributed by atoms with van der Waals surface area (Å²) in [4.78, 5) is 5.93. The average molecular weight is 160 g/mol. The minimum Gasteiger partial charge on any atom is -0.369 e. The largest absolute Gasteiger partial charge is 0.369 e. The van der Waals surface area contributed by atoms with E-state index in [0.29, 0.717) is 6.54 Å². The molecule has 0 amide bonds. The molecular formula is C7H16N2O2. The smallest absolute Gasteiger partial charge is 0.176 e. The number of aliphatic imine (C=N–C) groups is 1. The molecule has 4 heteroatoms. The fourth-order valence-corrected chi connectivity index (χ4v) is 0.542. The maximum atomic E-state index is 4.93. The van der Waals surface area contributed by atoms with E-state index in [-0.39, 0.29) is 6.29 Å². The lowest BCUT2D eigenvalue weighted by atomic mass is 10.6. The van der Waals surface area contributed by atoms with Gasteiger partial charge >= 0.3 is 0 Å². The molecule has 0 aromatic rings. The Morgan fingerprint density at radius 1 is 1.36 bits per heavy atom. The SMILES string of the molecule is COC(CN=CN(C)C)OC. The predicted octanol–water partition coefficient (Wildman–Crippen LogP) is 0.195. The minimum absolute atomic E-state index is 0.230. The molecule has 0 atom stereocenters. The molecule has 0 rings (SSSR count). The zero-order valence-electron chi connectivity index (χ0n) is 7.57. The summed E-state index contributed by atoms with van der Waals surface area (Å²) in [6.07, 6.45) is 1.50. The van der Waals surface area contributed by atoms with Crippen LogP contribution >= 0.6 is 0 Å². The lowest BCUT2D eigenvalue weighted by Crippen LogP contribution is -2.18. The Bertz CT molecular complexity index is 111. The average Bonchev–Trinajstić information content (AvgIpc) is 1.98. The molecule has 0 aromatic heterocycles. The molecule has 0 bridgehead atoms. The first-order chi connectivity index (χ1) is 5.20. The molecule has 0 aliphatic heterocycles. The van der Waals surface area contributed by atoms with Crippen molar-refractivity contribution in [2.75, 3.05) is 34.9 Å². The van der Waals surface area contributed by atoms with Crippen LogP contribution in [0.3, 0.4) is 0 Å². The molecule has 0 aromatic carbocycles. The lowest BCUT2D eigenvalue weighted by Gasteiger charge is -2.10. The molecule has 0 heterocycles. The quantitative estimate of drug-likeness (QED) is 0.327. The van der Waals surface area contributed by atoms with E-state index in [1.54, 1.807) is 20.6 Å². The van der Waals surface area contributed by atoms with Crippen LogP contribution in [0.1, 0.15) is 0 Å². The number of rotatable bonds is 5. The normalized spacial score (nSPS) is 11.4. The molecule has 0 aliphatic carbocycles. The Balaban J connectivity index is 3.49. The van der Waals surface area contributed by atoms with Crippen molar-refractivity contribution in [1.29, 1.82) is 0 Å². The number of hydrogen-bond acceptors (Lipinski definition) is 3. The van der Waals surface area contributed by atoms with E-state index in [1.165, 1.54) is 0 Å². The molecular weight excluding hydrogens is 144 g/mol. The van der Waals surface area contributed by atoms with E-state index in [2.05, 4.69) is 4.99 Å². The van der Waals surface area contributed by atoms with Crippen LogP contribution in [0.4, 0.5) is 0 Å². The summed E-state index contributed by atoms with van der Waals surface area (Å²) in [6, 6.07) is 0. The number of methoxy groups -OCH3 is 2. The molecule has 0 N–H and O–H groups in total. The monoisotopic (exact) mass is 160 g/mol. The van der Waals surface area contributed by atoms with Crippen LogP contribution in [0.2, 0.25) is 0 Å². The number of nitrogens with zero attached hydrogens (tertiary/aromatic N) is 2. The summed E-state index contributed by atoms with van der Waals surface area (Å²) in [5.74, 6) is 0. The highest BCUT2D eigenvalue weighted by Gasteiger charge is 2.00. The Morgan fingerprint density at radius 2 is 1.91 bits per heavy atom. The van der Waals surface area contributed by atoms with Crippen LogP contribution in [0.15, 0.2) is 4.99 Å². The maximum absolute atomic E-state index is 4.93.